The van der Waals surface area contributed by atoms with Crippen LogP contribution in [0.25, 0.3) is 0 Å². The maximum atomic E-state index is 10.6. The zero-order valence-electron chi connectivity index (χ0n) is 14.6. The second-order valence-corrected chi connectivity index (χ2v) is 5.99. The number of carbonyl (C=O) groups excluding carboxylic acids is 1. The van der Waals surface area contributed by atoms with E-state index in [0.717, 1.165) is 19.3 Å². The number of ether oxygens (including phenoxy) is 1. The van der Waals surface area contributed by atoms with Gasteiger partial charge < -0.3 is 9.84 Å². The van der Waals surface area contributed by atoms with Crippen LogP contribution in [0.5, 0.6) is 0 Å². The van der Waals surface area contributed by atoms with Crippen molar-refractivity contribution in [2.75, 3.05) is 0 Å². The van der Waals surface area contributed by atoms with Crippen LogP contribution in [0.1, 0.15) is 78.6 Å². The maximum absolute atomic E-state index is 10.6. The normalized spacial score (nSPS) is 14.5. The smallest absolute Gasteiger partial charge is 0.304 e. The van der Waals surface area contributed by atoms with E-state index in [-0.39, 0.29) is 0 Å². The molecule has 0 bridgehead atoms. The Morgan fingerprint density at radius 1 is 1.09 bits per heavy atom. The van der Waals surface area contributed by atoms with Crippen LogP contribution < -0.4 is 0 Å². The number of hydrogen-bond acceptors (Lipinski definition) is 3. The molecule has 0 radical (unpaired) electrons. The third kappa shape index (κ3) is 15.3. The van der Waals surface area contributed by atoms with Gasteiger partial charge in [-0.15, -0.1) is 0 Å². The lowest BCUT2D eigenvalue weighted by atomic mass is 10.0. The Kier molecular flexibility index (Phi) is 14.1. The Hall–Kier alpha value is -1.09. The molecule has 0 amide bonds. The van der Waals surface area contributed by atoms with Gasteiger partial charge in [0, 0.05) is 13.3 Å². The molecule has 0 fully saturated rings. The molecule has 0 spiro atoms. The summed E-state index contributed by atoms with van der Waals surface area (Å²) in [5.74, 6) is 0.219. The standard InChI is InChI=1S/C19H34O3/c1-4-5-6-8-11-14-17(2)15-12-9-7-10-13-16-19(21)22-18(3)20/h6,8,11,14,17,19,21H,4-5,7,9-10,12-13,15-16H2,1-3H3. The molecule has 0 saturated carbocycles. The Morgan fingerprint density at radius 2 is 1.73 bits per heavy atom. The highest BCUT2D eigenvalue weighted by molar-refractivity contribution is 5.65. The molecule has 0 aliphatic carbocycles. The fourth-order valence-electron chi connectivity index (χ4n) is 2.26. The SMILES string of the molecule is CCCC=CC=CC(C)CCCCCCCC(O)OC(C)=O. The van der Waals surface area contributed by atoms with Crippen LogP contribution in [0.2, 0.25) is 0 Å². The van der Waals surface area contributed by atoms with E-state index in [1.165, 1.54) is 39.0 Å². The van der Waals surface area contributed by atoms with Crippen LogP contribution in [0.3, 0.4) is 0 Å². The maximum Gasteiger partial charge on any atom is 0.304 e. The molecule has 1 N–H and O–H groups in total. The Bertz CT molecular complexity index is 321. The van der Waals surface area contributed by atoms with E-state index in [9.17, 15) is 9.90 Å². The lowest BCUT2D eigenvalue weighted by Gasteiger charge is -2.10. The van der Waals surface area contributed by atoms with Crippen molar-refractivity contribution >= 4 is 5.97 Å². The van der Waals surface area contributed by atoms with Gasteiger partial charge in [0.15, 0.2) is 0 Å². The van der Waals surface area contributed by atoms with Crippen LogP contribution in [-0.4, -0.2) is 17.4 Å². The molecule has 0 aliphatic heterocycles. The van der Waals surface area contributed by atoms with Crippen LogP contribution in [0.4, 0.5) is 0 Å². The number of unbranched alkanes of at least 4 members (excludes halogenated alkanes) is 5. The van der Waals surface area contributed by atoms with Crippen LogP contribution >= 0.6 is 0 Å². The number of hydrogen-bond donors (Lipinski definition) is 1. The zero-order chi connectivity index (χ0) is 16.6. The number of aliphatic hydroxyl groups excluding tert-OH is 1. The fourth-order valence-corrected chi connectivity index (χ4v) is 2.26. The monoisotopic (exact) mass is 310 g/mol. The summed E-state index contributed by atoms with van der Waals surface area (Å²) in [7, 11) is 0. The highest BCUT2D eigenvalue weighted by Crippen LogP contribution is 2.14. The number of allylic oxidation sites excluding steroid dienone is 4. The number of aliphatic hydroxyl groups is 1. The summed E-state index contributed by atoms with van der Waals surface area (Å²) >= 11 is 0. The Labute approximate surface area is 136 Å². The van der Waals surface area contributed by atoms with E-state index in [2.05, 4.69) is 42.9 Å². The molecular weight excluding hydrogens is 276 g/mol. The summed E-state index contributed by atoms with van der Waals surface area (Å²) in [5.41, 5.74) is 0. The first kappa shape index (κ1) is 20.9. The molecule has 0 aromatic rings. The van der Waals surface area contributed by atoms with Crippen molar-refractivity contribution in [3.05, 3.63) is 24.3 Å². The predicted octanol–water partition coefficient (Wildman–Crippen LogP) is 5.15. The molecule has 3 heteroatoms. The van der Waals surface area contributed by atoms with Gasteiger partial charge in [0.1, 0.15) is 0 Å². The van der Waals surface area contributed by atoms with E-state index in [4.69, 9.17) is 0 Å². The van der Waals surface area contributed by atoms with Gasteiger partial charge in [0.2, 0.25) is 6.29 Å². The largest absolute Gasteiger partial charge is 0.436 e. The van der Waals surface area contributed by atoms with Gasteiger partial charge in [-0.05, 0) is 25.2 Å². The van der Waals surface area contributed by atoms with Crippen molar-refractivity contribution in [1.29, 1.82) is 0 Å². The van der Waals surface area contributed by atoms with Crippen molar-refractivity contribution in [3.63, 3.8) is 0 Å². The van der Waals surface area contributed by atoms with Gasteiger partial charge in [-0.25, -0.2) is 0 Å². The zero-order valence-corrected chi connectivity index (χ0v) is 14.6. The number of carbonyl (C=O) groups is 1. The molecule has 0 aliphatic rings. The summed E-state index contributed by atoms with van der Waals surface area (Å²) in [4.78, 5) is 10.6. The van der Waals surface area contributed by atoms with Gasteiger partial charge in [0.05, 0.1) is 0 Å². The van der Waals surface area contributed by atoms with Crippen molar-refractivity contribution in [2.45, 2.75) is 84.8 Å². The van der Waals surface area contributed by atoms with E-state index >= 15 is 0 Å². The molecule has 0 rings (SSSR count). The quantitative estimate of drug-likeness (QED) is 0.221. The highest BCUT2D eigenvalue weighted by Gasteiger charge is 2.06. The number of esters is 1. The molecule has 3 nitrogen and oxygen atoms in total. The predicted molar refractivity (Wildman–Crippen MR) is 92.4 cm³/mol. The summed E-state index contributed by atoms with van der Waals surface area (Å²) in [6.07, 6.45) is 17.7. The first-order chi connectivity index (χ1) is 10.6. The van der Waals surface area contributed by atoms with Crippen molar-refractivity contribution in [1.82, 2.24) is 0 Å². The molecule has 22 heavy (non-hydrogen) atoms. The fraction of sp³-hybridized carbons (Fsp3) is 0.737. The van der Waals surface area contributed by atoms with Crippen LogP contribution in [0.15, 0.2) is 24.3 Å². The summed E-state index contributed by atoms with van der Waals surface area (Å²) < 4.78 is 4.67. The lowest BCUT2D eigenvalue weighted by molar-refractivity contribution is -0.165. The van der Waals surface area contributed by atoms with E-state index in [0.29, 0.717) is 12.3 Å². The highest BCUT2D eigenvalue weighted by atomic mass is 16.6. The third-order valence-corrected chi connectivity index (χ3v) is 3.55. The van der Waals surface area contributed by atoms with Gasteiger partial charge in [-0.1, -0.05) is 70.3 Å². The average molecular weight is 310 g/mol. The summed E-state index contributed by atoms with van der Waals surface area (Å²) in [6, 6.07) is 0. The first-order valence-corrected chi connectivity index (χ1v) is 8.74. The minimum Gasteiger partial charge on any atom is -0.436 e. The average Bonchev–Trinajstić information content (AvgIpc) is 2.45. The van der Waals surface area contributed by atoms with E-state index < -0.39 is 12.3 Å². The topological polar surface area (TPSA) is 46.5 Å². The molecule has 0 aromatic carbocycles. The minimum absolute atomic E-state index is 0.418. The van der Waals surface area contributed by atoms with Gasteiger partial charge >= 0.3 is 5.97 Å². The lowest BCUT2D eigenvalue weighted by Crippen LogP contribution is -2.14. The second kappa shape index (κ2) is 14.8. The molecule has 0 saturated heterocycles. The molecule has 128 valence electrons. The molecule has 2 atom stereocenters. The Morgan fingerprint density at radius 3 is 2.36 bits per heavy atom. The first-order valence-electron chi connectivity index (χ1n) is 8.74. The van der Waals surface area contributed by atoms with Gasteiger partial charge in [-0.2, -0.15) is 0 Å². The van der Waals surface area contributed by atoms with Gasteiger partial charge in [-0.3, -0.25) is 4.79 Å². The van der Waals surface area contributed by atoms with E-state index in [1.54, 1.807) is 0 Å². The second-order valence-electron chi connectivity index (χ2n) is 5.99. The molecule has 0 aromatic heterocycles. The molecule has 2 unspecified atom stereocenters. The van der Waals surface area contributed by atoms with Crippen molar-refractivity contribution < 1.29 is 14.6 Å². The molecular formula is C19H34O3. The summed E-state index contributed by atoms with van der Waals surface area (Å²) in [6.45, 7) is 5.77. The van der Waals surface area contributed by atoms with Crippen molar-refractivity contribution in [3.8, 4) is 0 Å². The summed E-state index contributed by atoms with van der Waals surface area (Å²) in [5, 5.41) is 9.38. The number of rotatable bonds is 13. The van der Waals surface area contributed by atoms with Crippen LogP contribution in [0, 0.1) is 5.92 Å². The van der Waals surface area contributed by atoms with Crippen LogP contribution in [-0.2, 0) is 9.53 Å². The van der Waals surface area contributed by atoms with E-state index in [1.807, 2.05) is 0 Å². The Balaban J connectivity index is 3.43. The minimum atomic E-state index is -0.927. The van der Waals surface area contributed by atoms with Crippen molar-refractivity contribution in [2.24, 2.45) is 5.92 Å². The molecule has 0 heterocycles. The third-order valence-electron chi connectivity index (χ3n) is 3.55. The van der Waals surface area contributed by atoms with Gasteiger partial charge in [0.25, 0.3) is 0 Å².